The van der Waals surface area contributed by atoms with Gasteiger partial charge in [0.15, 0.2) is 0 Å². The average molecular weight is 890 g/mol. The van der Waals surface area contributed by atoms with Crippen molar-refractivity contribution in [3.05, 3.63) is 0 Å². The molecule has 0 aromatic rings. The van der Waals surface area contributed by atoms with Crippen LogP contribution in [0.25, 0.3) is 0 Å². The van der Waals surface area contributed by atoms with Crippen molar-refractivity contribution >= 4 is 7.82 Å². The van der Waals surface area contributed by atoms with Crippen molar-refractivity contribution in [3.63, 3.8) is 0 Å². The molecule has 0 aromatic carbocycles. The standard InChI is InChI=1S/C18H9F30O4P/c19-5(20,7(23,24)9(27,28)13(35,36)15(39,40)17(43,44)45)2-1-4(52-53(49,50)51)3-6(21,22)8(25,26)10(29,30)11(31,32)12(33,34)14(37,38)16(41,42)18(46,47)48/h4H,1-3H2,(H2,49,50,51). The van der Waals surface area contributed by atoms with Gasteiger partial charge in [-0.3, -0.25) is 4.52 Å². The van der Waals surface area contributed by atoms with E-state index in [0.717, 1.165) is 0 Å². The van der Waals surface area contributed by atoms with E-state index in [4.69, 9.17) is 9.79 Å². The molecule has 0 aliphatic carbocycles. The van der Waals surface area contributed by atoms with Gasteiger partial charge in [-0.25, -0.2) is 4.57 Å². The fourth-order valence-electron chi connectivity index (χ4n) is 3.30. The molecule has 53 heavy (non-hydrogen) atoms. The highest BCUT2D eigenvalue weighted by Crippen LogP contribution is 2.65. The molecule has 0 aliphatic rings. The second-order valence-electron chi connectivity index (χ2n) is 10.1. The van der Waals surface area contributed by atoms with Crippen molar-refractivity contribution in [2.24, 2.45) is 0 Å². The van der Waals surface area contributed by atoms with Gasteiger partial charge in [0.2, 0.25) is 0 Å². The third-order valence-corrected chi connectivity index (χ3v) is 6.91. The predicted molar refractivity (Wildman–Crippen MR) is 102 cm³/mol. The van der Waals surface area contributed by atoms with Crippen LogP contribution in [0.5, 0.6) is 0 Å². The fraction of sp³-hybridized carbons (Fsp3) is 1.00. The Morgan fingerprint density at radius 1 is 0.377 bits per heavy atom. The van der Waals surface area contributed by atoms with Gasteiger partial charge in [0.25, 0.3) is 0 Å². The maximum Gasteiger partial charge on any atom is 0.469 e. The van der Waals surface area contributed by atoms with Gasteiger partial charge in [0.1, 0.15) is 0 Å². The summed E-state index contributed by atoms with van der Waals surface area (Å²) in [5.74, 6) is -103. The molecule has 0 saturated heterocycles. The Balaban J connectivity index is 7.05. The predicted octanol–water partition coefficient (Wildman–Crippen LogP) is 10.4. The van der Waals surface area contributed by atoms with E-state index in [0.29, 0.717) is 0 Å². The molecule has 0 aliphatic heterocycles. The molecule has 0 heterocycles. The number of rotatable bonds is 17. The number of phosphoric acid groups is 1. The second kappa shape index (κ2) is 13.3. The average Bonchev–Trinajstić information content (AvgIpc) is 2.88. The van der Waals surface area contributed by atoms with E-state index in [9.17, 15) is 136 Å². The minimum Gasteiger partial charge on any atom is -0.303 e. The molecule has 0 spiro atoms. The van der Waals surface area contributed by atoms with Gasteiger partial charge in [-0.2, -0.15) is 132 Å². The summed E-state index contributed by atoms with van der Waals surface area (Å²) in [6, 6.07) is 0. The van der Waals surface area contributed by atoms with E-state index in [1.165, 1.54) is 0 Å². The molecule has 320 valence electrons. The first-order valence-electron chi connectivity index (χ1n) is 11.7. The molecule has 0 aromatic heterocycles. The molecule has 2 N–H and O–H groups in total. The Morgan fingerprint density at radius 3 is 0.849 bits per heavy atom. The number of phosphoric ester groups is 1. The lowest BCUT2D eigenvalue weighted by atomic mass is 9.87. The SMILES string of the molecule is O=P(O)(O)OC(CCC(F)(F)C(F)(F)C(F)(F)C(F)(F)C(F)(F)C(F)(F)F)CC(F)(F)C(F)(F)C(F)(F)C(F)(F)C(F)(F)C(F)(F)C(F)(F)C(F)(F)F. The van der Waals surface area contributed by atoms with Gasteiger partial charge in [0, 0.05) is 12.8 Å². The normalized spacial score (nSPS) is 17.4. The second-order valence-corrected chi connectivity index (χ2v) is 11.3. The Bertz CT molecular complexity index is 1340. The van der Waals surface area contributed by atoms with E-state index in [-0.39, 0.29) is 0 Å². The molecular formula is C18H9F30O4P. The van der Waals surface area contributed by atoms with Gasteiger partial charge in [-0.1, -0.05) is 0 Å². The van der Waals surface area contributed by atoms with Gasteiger partial charge in [0.05, 0.1) is 6.10 Å². The smallest absolute Gasteiger partial charge is 0.303 e. The lowest BCUT2D eigenvalue weighted by molar-refractivity contribution is -0.462. The topological polar surface area (TPSA) is 66.8 Å². The molecule has 4 nitrogen and oxygen atoms in total. The monoisotopic (exact) mass is 890 g/mol. The maximum absolute atomic E-state index is 14.2. The molecule has 1 atom stereocenters. The summed E-state index contributed by atoms with van der Waals surface area (Å²) < 4.78 is 412. The van der Waals surface area contributed by atoms with Crippen LogP contribution in [0.15, 0.2) is 0 Å². The zero-order valence-corrected chi connectivity index (χ0v) is 24.1. The summed E-state index contributed by atoms with van der Waals surface area (Å²) in [7, 11) is -6.99. The first-order valence-corrected chi connectivity index (χ1v) is 13.2. The van der Waals surface area contributed by atoms with Gasteiger partial charge >= 0.3 is 91.2 Å². The van der Waals surface area contributed by atoms with Crippen LogP contribution in [-0.2, 0) is 9.09 Å². The minimum absolute atomic E-state index is 2.88. The van der Waals surface area contributed by atoms with Crippen molar-refractivity contribution < 1.29 is 151 Å². The lowest BCUT2D eigenvalue weighted by Crippen LogP contribution is -2.74. The van der Waals surface area contributed by atoms with E-state index < -0.39 is 117 Å². The number of hydrogen-bond donors (Lipinski definition) is 2. The van der Waals surface area contributed by atoms with Crippen molar-refractivity contribution in [3.8, 4) is 0 Å². The Labute approximate surface area is 268 Å². The molecule has 1 unspecified atom stereocenters. The summed E-state index contributed by atoms with van der Waals surface area (Å²) in [4.78, 5) is 17.0. The van der Waals surface area contributed by atoms with Crippen LogP contribution in [0.4, 0.5) is 132 Å². The van der Waals surface area contributed by atoms with Crippen LogP contribution in [-0.4, -0.2) is 99.3 Å². The molecule has 35 heteroatoms. The quantitative estimate of drug-likeness (QED) is 0.113. The van der Waals surface area contributed by atoms with Gasteiger partial charge < -0.3 is 9.79 Å². The molecular weight excluding hydrogens is 881 g/mol. The first kappa shape index (κ1) is 51.0. The third kappa shape index (κ3) is 7.74. The zero-order valence-electron chi connectivity index (χ0n) is 23.2. The van der Waals surface area contributed by atoms with Gasteiger partial charge in [-0.05, 0) is 6.42 Å². The van der Waals surface area contributed by atoms with Gasteiger partial charge in [-0.15, -0.1) is 0 Å². The van der Waals surface area contributed by atoms with E-state index in [1.54, 1.807) is 0 Å². The van der Waals surface area contributed by atoms with Crippen LogP contribution in [0, 0.1) is 0 Å². The number of hydrogen-bond acceptors (Lipinski definition) is 2. The van der Waals surface area contributed by atoms with Crippen LogP contribution in [0.3, 0.4) is 0 Å². The minimum atomic E-state index is -9.28. The fourth-order valence-corrected chi connectivity index (χ4v) is 3.87. The molecule has 0 fully saturated rings. The zero-order chi connectivity index (χ0) is 43.9. The summed E-state index contributed by atoms with van der Waals surface area (Å²) in [6.07, 6.45) is -32.4. The molecule has 0 bridgehead atoms. The summed E-state index contributed by atoms with van der Waals surface area (Å²) in [5.41, 5.74) is 0. The Hall–Kier alpha value is -1.99. The maximum atomic E-state index is 14.2. The highest BCUT2D eigenvalue weighted by molar-refractivity contribution is 7.46. The van der Waals surface area contributed by atoms with E-state index in [2.05, 4.69) is 4.52 Å². The van der Waals surface area contributed by atoms with Crippen LogP contribution in [0.2, 0.25) is 0 Å². The molecule has 0 saturated carbocycles. The van der Waals surface area contributed by atoms with Crippen molar-refractivity contribution in [2.45, 2.75) is 109 Å². The van der Waals surface area contributed by atoms with E-state index >= 15 is 0 Å². The third-order valence-electron chi connectivity index (χ3n) is 6.34. The van der Waals surface area contributed by atoms with Crippen LogP contribution < -0.4 is 0 Å². The summed E-state index contributed by atoms with van der Waals surface area (Å²) in [6.45, 7) is 0. The number of halogens is 30. The van der Waals surface area contributed by atoms with E-state index in [1.807, 2.05) is 0 Å². The number of alkyl halides is 30. The first-order chi connectivity index (χ1) is 22.3. The molecule has 0 amide bonds. The van der Waals surface area contributed by atoms with Crippen molar-refractivity contribution in [1.29, 1.82) is 0 Å². The Kier molecular flexibility index (Phi) is 12.8. The Morgan fingerprint density at radius 2 is 0.604 bits per heavy atom. The molecule has 0 rings (SSSR count). The van der Waals surface area contributed by atoms with Crippen molar-refractivity contribution in [2.75, 3.05) is 0 Å². The largest absolute Gasteiger partial charge is 0.469 e. The van der Waals surface area contributed by atoms with Crippen molar-refractivity contribution in [1.82, 2.24) is 0 Å². The lowest BCUT2D eigenvalue weighted by Gasteiger charge is -2.43. The molecule has 0 radical (unpaired) electrons. The van der Waals surface area contributed by atoms with Crippen LogP contribution >= 0.6 is 7.82 Å². The summed E-state index contributed by atoms with van der Waals surface area (Å²) in [5, 5.41) is 0. The summed E-state index contributed by atoms with van der Waals surface area (Å²) >= 11 is 0. The highest BCUT2D eigenvalue weighted by Gasteiger charge is 2.95. The highest BCUT2D eigenvalue weighted by atomic mass is 31.2. The van der Waals surface area contributed by atoms with Crippen LogP contribution in [0.1, 0.15) is 19.3 Å².